The Bertz CT molecular complexity index is 981. The van der Waals surface area contributed by atoms with Gasteiger partial charge in [0.1, 0.15) is 0 Å². The fourth-order valence-electron chi connectivity index (χ4n) is 5.07. The van der Waals surface area contributed by atoms with E-state index in [1.807, 2.05) is 29.2 Å². The summed E-state index contributed by atoms with van der Waals surface area (Å²) in [6, 6.07) is 12.0. The summed E-state index contributed by atoms with van der Waals surface area (Å²) in [4.78, 5) is 15.0. The van der Waals surface area contributed by atoms with E-state index in [2.05, 4.69) is 29.6 Å². The quantitative estimate of drug-likeness (QED) is 0.559. The highest BCUT2D eigenvalue weighted by Gasteiger charge is 2.39. The van der Waals surface area contributed by atoms with Crippen LogP contribution in [0, 0.1) is 5.92 Å². The summed E-state index contributed by atoms with van der Waals surface area (Å²) in [5.41, 5.74) is 4.18. The predicted molar refractivity (Wildman–Crippen MR) is 119 cm³/mol. The number of allylic oxidation sites excluding steroid dienone is 2. The summed E-state index contributed by atoms with van der Waals surface area (Å²) < 4.78 is 0. The fraction of sp³-hybridized carbons (Fsp3) is 0.375. The van der Waals surface area contributed by atoms with E-state index >= 15 is 0 Å². The van der Waals surface area contributed by atoms with Crippen LogP contribution >= 0.6 is 23.2 Å². The number of fused-ring (bicyclic) bond motifs is 3. The Morgan fingerprint density at radius 2 is 1.83 bits per heavy atom. The molecule has 1 fully saturated rings. The van der Waals surface area contributed by atoms with Crippen LogP contribution in [0.15, 0.2) is 48.6 Å². The molecule has 3 atom stereocenters. The lowest BCUT2D eigenvalue weighted by Gasteiger charge is -2.38. The number of carbonyl (C=O) groups excluding carboxylic acids is 1. The summed E-state index contributed by atoms with van der Waals surface area (Å²) in [7, 11) is 0. The number of benzene rings is 2. The maximum atomic E-state index is 13.0. The first-order chi connectivity index (χ1) is 14.1. The lowest BCUT2D eigenvalue weighted by Crippen LogP contribution is -2.36. The number of halogens is 2. The molecular weight excluding hydrogens is 403 g/mol. The number of hydrogen-bond donors (Lipinski definition) is 1. The molecule has 2 aromatic carbocycles. The number of amides is 1. The zero-order valence-corrected chi connectivity index (χ0v) is 17.7. The second-order valence-corrected chi connectivity index (χ2v) is 9.14. The average molecular weight is 427 g/mol. The molecule has 150 valence electrons. The van der Waals surface area contributed by atoms with Crippen molar-refractivity contribution in [3.63, 3.8) is 0 Å². The molecule has 1 saturated heterocycles. The van der Waals surface area contributed by atoms with Gasteiger partial charge < -0.3 is 10.2 Å². The van der Waals surface area contributed by atoms with Crippen molar-refractivity contribution in [1.29, 1.82) is 0 Å². The minimum Gasteiger partial charge on any atom is -0.378 e. The number of carbonyl (C=O) groups is 1. The highest BCUT2D eigenvalue weighted by Crippen LogP contribution is 2.51. The van der Waals surface area contributed by atoms with Gasteiger partial charge in [-0.2, -0.15) is 0 Å². The number of rotatable bonds is 2. The van der Waals surface area contributed by atoms with Gasteiger partial charge in [-0.25, -0.2) is 0 Å². The minimum absolute atomic E-state index is 0.121. The molecule has 2 aliphatic heterocycles. The SMILES string of the molecule is O=C(c1ccc2c(c1)[C@@H]1C=CC[C@@H]1[C@H](c1ccc(Cl)cc1Cl)N2)N1CCCCC1. The Morgan fingerprint density at radius 1 is 1.00 bits per heavy atom. The van der Waals surface area contributed by atoms with Crippen molar-refractivity contribution in [3.8, 4) is 0 Å². The van der Waals surface area contributed by atoms with Crippen LogP contribution in [0.1, 0.15) is 59.1 Å². The highest BCUT2D eigenvalue weighted by molar-refractivity contribution is 6.35. The van der Waals surface area contributed by atoms with Crippen LogP contribution in [0.3, 0.4) is 0 Å². The van der Waals surface area contributed by atoms with Gasteiger partial charge in [-0.15, -0.1) is 0 Å². The first-order valence-corrected chi connectivity index (χ1v) is 11.2. The molecule has 5 rings (SSSR count). The molecule has 3 aliphatic rings. The lowest BCUT2D eigenvalue weighted by molar-refractivity contribution is 0.0724. The third-order valence-corrected chi connectivity index (χ3v) is 7.11. The van der Waals surface area contributed by atoms with Crippen LogP contribution < -0.4 is 5.32 Å². The lowest BCUT2D eigenvalue weighted by atomic mass is 9.76. The van der Waals surface area contributed by atoms with E-state index in [-0.39, 0.29) is 17.9 Å². The Kier molecular flexibility index (Phi) is 5.05. The second kappa shape index (κ2) is 7.70. The van der Waals surface area contributed by atoms with Gasteiger partial charge in [0.05, 0.1) is 6.04 Å². The number of nitrogens with one attached hydrogen (secondary N) is 1. The van der Waals surface area contributed by atoms with E-state index < -0.39 is 0 Å². The zero-order chi connectivity index (χ0) is 20.0. The molecule has 0 radical (unpaired) electrons. The van der Waals surface area contributed by atoms with E-state index in [1.165, 1.54) is 12.0 Å². The standard InChI is InChI=1S/C24H24Cl2N2O/c25-16-8-9-19(21(26)14-16)23-18-6-4-5-17(18)20-13-15(7-10-22(20)27-23)24(29)28-11-2-1-3-12-28/h4-5,7-10,13-14,17-18,23,27H,1-3,6,11-12H2/t17-,18+,23-/m1/s1. The van der Waals surface area contributed by atoms with Gasteiger partial charge in [0.15, 0.2) is 0 Å². The van der Waals surface area contributed by atoms with Crippen molar-refractivity contribution >= 4 is 34.8 Å². The van der Waals surface area contributed by atoms with Crippen molar-refractivity contribution in [2.45, 2.75) is 37.6 Å². The molecule has 29 heavy (non-hydrogen) atoms. The summed E-state index contributed by atoms with van der Waals surface area (Å²) in [6.07, 6.45) is 8.97. The van der Waals surface area contributed by atoms with Gasteiger partial charge in [0.25, 0.3) is 5.91 Å². The van der Waals surface area contributed by atoms with Crippen LogP contribution in [0.25, 0.3) is 0 Å². The van der Waals surface area contributed by atoms with Crippen LogP contribution in [-0.2, 0) is 0 Å². The van der Waals surface area contributed by atoms with Gasteiger partial charge in [0.2, 0.25) is 0 Å². The molecule has 0 spiro atoms. The van der Waals surface area contributed by atoms with Gasteiger partial charge in [-0.1, -0.05) is 41.4 Å². The topological polar surface area (TPSA) is 32.3 Å². The fourth-order valence-corrected chi connectivity index (χ4v) is 5.59. The molecule has 0 saturated carbocycles. The van der Waals surface area contributed by atoms with Crippen LogP contribution in [-0.4, -0.2) is 23.9 Å². The monoisotopic (exact) mass is 426 g/mol. The Morgan fingerprint density at radius 3 is 2.62 bits per heavy atom. The Hall–Kier alpha value is -1.97. The number of likely N-dealkylation sites (tertiary alicyclic amines) is 1. The van der Waals surface area contributed by atoms with Crippen LogP contribution in [0.5, 0.6) is 0 Å². The van der Waals surface area contributed by atoms with Crippen molar-refractivity contribution in [3.05, 3.63) is 75.3 Å². The molecular formula is C24H24Cl2N2O. The molecule has 2 aromatic rings. The van der Waals surface area contributed by atoms with Gasteiger partial charge in [-0.05, 0) is 73.1 Å². The first kappa shape index (κ1) is 19.0. The molecule has 1 N–H and O–H groups in total. The van der Waals surface area contributed by atoms with E-state index in [9.17, 15) is 4.79 Å². The zero-order valence-electron chi connectivity index (χ0n) is 16.2. The summed E-state index contributed by atoms with van der Waals surface area (Å²) in [5, 5.41) is 5.04. The first-order valence-electron chi connectivity index (χ1n) is 10.4. The number of piperidine rings is 1. The van der Waals surface area contributed by atoms with E-state index in [4.69, 9.17) is 23.2 Å². The van der Waals surface area contributed by atoms with Crippen LogP contribution in [0.4, 0.5) is 5.69 Å². The molecule has 0 aromatic heterocycles. The smallest absolute Gasteiger partial charge is 0.253 e. The maximum Gasteiger partial charge on any atom is 0.253 e. The molecule has 1 aliphatic carbocycles. The summed E-state index contributed by atoms with van der Waals surface area (Å²) >= 11 is 12.6. The van der Waals surface area contributed by atoms with E-state index in [0.29, 0.717) is 16.0 Å². The molecule has 1 amide bonds. The largest absolute Gasteiger partial charge is 0.378 e. The summed E-state index contributed by atoms with van der Waals surface area (Å²) in [5.74, 6) is 0.826. The third-order valence-electron chi connectivity index (χ3n) is 6.55. The van der Waals surface area contributed by atoms with Crippen LogP contribution in [0.2, 0.25) is 10.0 Å². The second-order valence-electron chi connectivity index (χ2n) is 8.30. The summed E-state index contributed by atoms with van der Waals surface area (Å²) in [6.45, 7) is 1.74. The van der Waals surface area contributed by atoms with Crippen molar-refractivity contribution in [1.82, 2.24) is 4.90 Å². The van der Waals surface area contributed by atoms with Crippen molar-refractivity contribution < 1.29 is 4.79 Å². The molecule has 3 nitrogen and oxygen atoms in total. The molecule has 2 heterocycles. The number of anilines is 1. The van der Waals surface area contributed by atoms with Gasteiger partial charge >= 0.3 is 0 Å². The maximum absolute atomic E-state index is 13.0. The molecule has 0 unspecified atom stereocenters. The highest BCUT2D eigenvalue weighted by atomic mass is 35.5. The van der Waals surface area contributed by atoms with Crippen molar-refractivity contribution in [2.75, 3.05) is 18.4 Å². The van der Waals surface area contributed by atoms with E-state index in [0.717, 1.165) is 49.2 Å². The number of hydrogen-bond acceptors (Lipinski definition) is 2. The predicted octanol–water partition coefficient (Wildman–Crippen LogP) is 6.45. The number of nitrogens with zero attached hydrogens (tertiary/aromatic N) is 1. The Balaban J connectivity index is 1.48. The Labute approximate surface area is 181 Å². The normalized spacial score (nSPS) is 25.3. The van der Waals surface area contributed by atoms with Gasteiger partial charge in [0, 0.05) is 40.3 Å². The van der Waals surface area contributed by atoms with Crippen molar-refractivity contribution in [2.24, 2.45) is 5.92 Å². The molecule has 5 heteroatoms. The van der Waals surface area contributed by atoms with E-state index in [1.54, 1.807) is 0 Å². The molecule has 0 bridgehead atoms. The third kappa shape index (κ3) is 3.45. The minimum atomic E-state index is 0.121. The van der Waals surface area contributed by atoms with Gasteiger partial charge in [-0.3, -0.25) is 4.79 Å². The average Bonchev–Trinajstić information content (AvgIpc) is 3.23.